The van der Waals surface area contributed by atoms with Crippen molar-refractivity contribution in [3.63, 3.8) is 0 Å². The number of aliphatic carboxylic acids is 1. The lowest BCUT2D eigenvalue weighted by molar-refractivity contribution is -0.142. The fourth-order valence-electron chi connectivity index (χ4n) is 1.53. The van der Waals surface area contributed by atoms with Gasteiger partial charge in [-0.15, -0.1) is 0 Å². The molecular weight excluding hydrogens is 230 g/mol. The summed E-state index contributed by atoms with van der Waals surface area (Å²) in [5, 5.41) is 11.7. The zero-order valence-electron chi connectivity index (χ0n) is 12.4. The average molecular weight is 257 g/mol. The van der Waals surface area contributed by atoms with E-state index in [-0.39, 0.29) is 23.2 Å². The van der Waals surface area contributed by atoms with Crippen LogP contribution in [-0.4, -0.2) is 23.0 Å². The van der Waals surface area contributed by atoms with E-state index in [0.717, 1.165) is 0 Å². The molecule has 4 nitrogen and oxygen atoms in total. The van der Waals surface area contributed by atoms with Crippen LogP contribution in [0.3, 0.4) is 0 Å². The molecule has 106 valence electrons. The lowest BCUT2D eigenvalue weighted by Gasteiger charge is -2.27. The fraction of sp³-hybridized carbons (Fsp3) is 0.857. The third kappa shape index (κ3) is 6.62. The molecule has 0 aromatic carbocycles. The molecule has 0 spiro atoms. The van der Waals surface area contributed by atoms with Crippen LogP contribution in [0.1, 0.15) is 54.4 Å². The Bertz CT molecular complexity index is 292. The lowest BCUT2D eigenvalue weighted by atomic mass is 9.80. The first-order valence-electron chi connectivity index (χ1n) is 6.56. The Hall–Kier alpha value is -1.06. The van der Waals surface area contributed by atoms with Crippen LogP contribution in [-0.2, 0) is 9.59 Å². The van der Waals surface area contributed by atoms with E-state index in [2.05, 4.69) is 26.1 Å². The molecule has 2 N–H and O–H groups in total. The third-order valence-electron chi connectivity index (χ3n) is 3.31. The second kappa shape index (κ2) is 6.76. The normalized spacial score (nSPS) is 15.3. The van der Waals surface area contributed by atoms with Gasteiger partial charge in [-0.1, -0.05) is 41.5 Å². The van der Waals surface area contributed by atoms with Crippen molar-refractivity contribution in [3.8, 4) is 0 Å². The number of hydrogen-bond donors (Lipinski definition) is 2. The average Bonchev–Trinajstić information content (AvgIpc) is 2.13. The molecule has 0 aliphatic heterocycles. The summed E-state index contributed by atoms with van der Waals surface area (Å²) < 4.78 is 0. The number of hydrogen-bond acceptors (Lipinski definition) is 2. The van der Waals surface area contributed by atoms with E-state index in [1.165, 1.54) is 0 Å². The molecule has 1 amide bonds. The Kier molecular flexibility index (Phi) is 6.36. The first-order chi connectivity index (χ1) is 8.04. The Morgan fingerprint density at radius 3 is 2.00 bits per heavy atom. The zero-order chi connectivity index (χ0) is 14.5. The standard InChI is InChI=1S/C14H27NO3/c1-9(2)7-11(13(17)18)15-12(16)8-10(3)14(4,5)6/h9-11H,7-8H2,1-6H3,(H,15,16)(H,17,18). The molecule has 0 aromatic heterocycles. The summed E-state index contributed by atoms with van der Waals surface area (Å²) in [7, 11) is 0. The molecular formula is C14H27NO3. The highest BCUT2D eigenvalue weighted by Crippen LogP contribution is 2.27. The smallest absolute Gasteiger partial charge is 0.326 e. The van der Waals surface area contributed by atoms with Gasteiger partial charge in [0.05, 0.1) is 0 Å². The molecule has 0 heterocycles. The van der Waals surface area contributed by atoms with Crippen molar-refractivity contribution in [1.82, 2.24) is 5.32 Å². The molecule has 0 fully saturated rings. The van der Waals surface area contributed by atoms with Crippen LogP contribution < -0.4 is 5.32 Å². The van der Waals surface area contributed by atoms with Crippen molar-refractivity contribution < 1.29 is 14.7 Å². The fourth-order valence-corrected chi connectivity index (χ4v) is 1.53. The van der Waals surface area contributed by atoms with E-state index in [0.29, 0.717) is 12.8 Å². The number of amides is 1. The van der Waals surface area contributed by atoms with Crippen LogP contribution in [0.2, 0.25) is 0 Å². The monoisotopic (exact) mass is 257 g/mol. The number of nitrogens with one attached hydrogen (secondary N) is 1. The first kappa shape index (κ1) is 16.9. The first-order valence-corrected chi connectivity index (χ1v) is 6.56. The molecule has 0 rings (SSSR count). The van der Waals surface area contributed by atoms with Crippen molar-refractivity contribution in [2.75, 3.05) is 0 Å². The van der Waals surface area contributed by atoms with E-state index >= 15 is 0 Å². The highest BCUT2D eigenvalue weighted by molar-refractivity contribution is 5.83. The van der Waals surface area contributed by atoms with Crippen LogP contribution in [0.4, 0.5) is 0 Å². The van der Waals surface area contributed by atoms with Crippen LogP contribution in [0.25, 0.3) is 0 Å². The highest BCUT2D eigenvalue weighted by Gasteiger charge is 2.25. The Balaban J connectivity index is 4.39. The molecule has 0 bridgehead atoms. The maximum atomic E-state index is 11.8. The van der Waals surface area contributed by atoms with Crippen molar-refractivity contribution in [3.05, 3.63) is 0 Å². The van der Waals surface area contributed by atoms with Crippen LogP contribution in [0, 0.1) is 17.3 Å². The van der Waals surface area contributed by atoms with Gasteiger partial charge in [0.25, 0.3) is 0 Å². The molecule has 2 atom stereocenters. The largest absolute Gasteiger partial charge is 0.480 e. The van der Waals surface area contributed by atoms with E-state index in [1.807, 2.05) is 20.8 Å². The van der Waals surface area contributed by atoms with Crippen LogP contribution in [0.15, 0.2) is 0 Å². The summed E-state index contributed by atoms with van der Waals surface area (Å²) in [6.45, 7) is 12.1. The van der Waals surface area contributed by atoms with Gasteiger partial charge in [0.2, 0.25) is 5.91 Å². The van der Waals surface area contributed by atoms with Gasteiger partial charge in [0.1, 0.15) is 6.04 Å². The predicted octanol–water partition coefficient (Wildman–Crippen LogP) is 2.67. The topological polar surface area (TPSA) is 66.4 Å². The summed E-state index contributed by atoms with van der Waals surface area (Å²) in [4.78, 5) is 22.9. The summed E-state index contributed by atoms with van der Waals surface area (Å²) in [5.74, 6) is -0.677. The number of carbonyl (C=O) groups excluding carboxylic acids is 1. The van der Waals surface area contributed by atoms with Gasteiger partial charge in [-0.3, -0.25) is 4.79 Å². The molecule has 4 heteroatoms. The molecule has 0 saturated carbocycles. The van der Waals surface area contributed by atoms with Gasteiger partial charge in [0.15, 0.2) is 0 Å². The van der Waals surface area contributed by atoms with Crippen molar-refractivity contribution in [2.45, 2.75) is 60.4 Å². The van der Waals surface area contributed by atoms with Crippen molar-refractivity contribution in [2.24, 2.45) is 17.3 Å². The maximum Gasteiger partial charge on any atom is 0.326 e. The van der Waals surface area contributed by atoms with E-state index in [1.54, 1.807) is 0 Å². The minimum Gasteiger partial charge on any atom is -0.480 e. The maximum absolute atomic E-state index is 11.8. The SMILES string of the molecule is CC(C)CC(NC(=O)CC(C)C(C)(C)C)C(=O)O. The van der Waals surface area contributed by atoms with E-state index in [9.17, 15) is 9.59 Å². The number of carboxylic acid groups (broad SMARTS) is 1. The minimum atomic E-state index is -0.958. The summed E-state index contributed by atoms with van der Waals surface area (Å²) in [6, 6.07) is -0.773. The van der Waals surface area contributed by atoms with Crippen LogP contribution in [0.5, 0.6) is 0 Å². The lowest BCUT2D eigenvalue weighted by Crippen LogP contribution is -2.42. The Morgan fingerprint density at radius 2 is 1.67 bits per heavy atom. The number of carbonyl (C=O) groups is 2. The summed E-state index contributed by atoms with van der Waals surface area (Å²) in [6.07, 6.45) is 0.830. The van der Waals surface area contributed by atoms with E-state index < -0.39 is 12.0 Å². The summed E-state index contributed by atoms with van der Waals surface area (Å²) >= 11 is 0. The second-order valence-corrected chi connectivity index (χ2v) is 6.56. The molecule has 18 heavy (non-hydrogen) atoms. The Morgan fingerprint density at radius 1 is 1.17 bits per heavy atom. The Labute approximate surface area is 110 Å². The van der Waals surface area contributed by atoms with Crippen molar-refractivity contribution >= 4 is 11.9 Å². The number of rotatable bonds is 6. The van der Waals surface area contributed by atoms with Gasteiger partial charge in [-0.25, -0.2) is 4.79 Å². The number of carboxylic acids is 1. The molecule has 0 aliphatic carbocycles. The second-order valence-electron chi connectivity index (χ2n) is 6.56. The molecule has 2 unspecified atom stereocenters. The van der Waals surface area contributed by atoms with Gasteiger partial charge < -0.3 is 10.4 Å². The molecule has 0 radical (unpaired) electrons. The molecule has 0 aromatic rings. The van der Waals surface area contributed by atoms with Gasteiger partial charge in [0, 0.05) is 6.42 Å². The molecule has 0 saturated heterocycles. The predicted molar refractivity (Wildman–Crippen MR) is 72.3 cm³/mol. The zero-order valence-corrected chi connectivity index (χ0v) is 12.4. The summed E-state index contributed by atoms with van der Waals surface area (Å²) in [5.41, 5.74) is 0.0497. The van der Waals surface area contributed by atoms with Crippen molar-refractivity contribution in [1.29, 1.82) is 0 Å². The van der Waals surface area contributed by atoms with E-state index in [4.69, 9.17) is 5.11 Å². The quantitative estimate of drug-likeness (QED) is 0.768. The highest BCUT2D eigenvalue weighted by atomic mass is 16.4. The van der Waals surface area contributed by atoms with Gasteiger partial charge in [-0.2, -0.15) is 0 Å². The van der Waals surface area contributed by atoms with Gasteiger partial charge >= 0.3 is 5.97 Å². The third-order valence-corrected chi connectivity index (χ3v) is 3.31. The van der Waals surface area contributed by atoms with Gasteiger partial charge in [-0.05, 0) is 23.7 Å². The van der Waals surface area contributed by atoms with Crippen LogP contribution >= 0.6 is 0 Å². The minimum absolute atomic E-state index is 0.0497. The molecule has 0 aliphatic rings.